The molecule has 0 saturated carbocycles. The van der Waals surface area contributed by atoms with Crippen LogP contribution in [-0.2, 0) is 7.05 Å². The largest absolute Gasteiger partial charge is 0.315 e. The van der Waals surface area contributed by atoms with Crippen molar-refractivity contribution in [2.45, 2.75) is 12.8 Å². The summed E-state index contributed by atoms with van der Waals surface area (Å²) in [5.41, 5.74) is 2.35. The van der Waals surface area contributed by atoms with Crippen LogP contribution in [0.4, 0.5) is 0 Å². The minimum absolute atomic E-state index is 0.520. The van der Waals surface area contributed by atoms with E-state index in [0.717, 1.165) is 30.3 Å². The lowest BCUT2D eigenvalue weighted by molar-refractivity contribution is 0.416. The molecule has 4 nitrogen and oxygen atoms in total. The first-order chi connectivity index (χ1) is 8.24. The first-order valence-electron chi connectivity index (χ1n) is 5.93. The van der Waals surface area contributed by atoms with Crippen LogP contribution >= 0.6 is 0 Å². The third-order valence-electron chi connectivity index (χ3n) is 3.25. The van der Waals surface area contributed by atoms with Crippen LogP contribution in [0.2, 0.25) is 0 Å². The van der Waals surface area contributed by atoms with Crippen LogP contribution in [0.3, 0.4) is 0 Å². The Morgan fingerprint density at radius 1 is 1.24 bits per heavy atom. The van der Waals surface area contributed by atoms with Gasteiger partial charge in [0.15, 0.2) is 5.82 Å². The van der Waals surface area contributed by atoms with Crippen LogP contribution in [0, 0.1) is 6.92 Å². The average molecular weight is 228 g/mol. The SMILES string of the molecule is Cc1ccc(-c2nc(C3CNC3)n(C)n2)cc1. The summed E-state index contributed by atoms with van der Waals surface area (Å²) in [6.07, 6.45) is 0. The van der Waals surface area contributed by atoms with E-state index in [1.807, 2.05) is 11.7 Å². The van der Waals surface area contributed by atoms with Crippen LogP contribution < -0.4 is 5.32 Å². The highest BCUT2D eigenvalue weighted by molar-refractivity contribution is 5.55. The molecule has 0 aliphatic carbocycles. The minimum atomic E-state index is 0.520. The van der Waals surface area contributed by atoms with Crippen molar-refractivity contribution in [1.82, 2.24) is 20.1 Å². The first-order valence-corrected chi connectivity index (χ1v) is 5.93. The van der Waals surface area contributed by atoms with Gasteiger partial charge in [-0.15, -0.1) is 0 Å². The standard InChI is InChI=1S/C13H16N4/c1-9-3-5-10(6-4-9)12-15-13(17(2)16-12)11-7-14-8-11/h3-6,11,14H,7-8H2,1-2H3. The first kappa shape index (κ1) is 10.5. The lowest BCUT2D eigenvalue weighted by Gasteiger charge is -2.25. The third-order valence-corrected chi connectivity index (χ3v) is 3.25. The van der Waals surface area contributed by atoms with Gasteiger partial charge in [-0.05, 0) is 6.92 Å². The topological polar surface area (TPSA) is 42.7 Å². The maximum Gasteiger partial charge on any atom is 0.181 e. The van der Waals surface area contributed by atoms with Crippen molar-refractivity contribution in [1.29, 1.82) is 0 Å². The molecule has 1 fully saturated rings. The van der Waals surface area contributed by atoms with Gasteiger partial charge in [0.25, 0.3) is 0 Å². The van der Waals surface area contributed by atoms with E-state index in [1.54, 1.807) is 0 Å². The summed E-state index contributed by atoms with van der Waals surface area (Å²) in [5, 5.41) is 7.75. The fraction of sp³-hybridized carbons (Fsp3) is 0.385. The monoisotopic (exact) mass is 228 g/mol. The fourth-order valence-corrected chi connectivity index (χ4v) is 2.05. The van der Waals surface area contributed by atoms with E-state index in [2.05, 4.69) is 46.6 Å². The van der Waals surface area contributed by atoms with E-state index < -0.39 is 0 Å². The van der Waals surface area contributed by atoms with E-state index in [1.165, 1.54) is 5.56 Å². The number of hydrogen-bond donors (Lipinski definition) is 1. The molecule has 2 aromatic rings. The normalized spacial score (nSPS) is 15.9. The van der Waals surface area contributed by atoms with Crippen LogP contribution in [-0.4, -0.2) is 27.9 Å². The molecule has 0 atom stereocenters. The summed E-state index contributed by atoms with van der Waals surface area (Å²) in [6.45, 7) is 4.11. The van der Waals surface area contributed by atoms with Gasteiger partial charge in [-0.3, -0.25) is 4.68 Å². The minimum Gasteiger partial charge on any atom is -0.315 e. The third kappa shape index (κ3) is 1.85. The molecular weight excluding hydrogens is 212 g/mol. The number of aryl methyl sites for hydroxylation is 2. The summed E-state index contributed by atoms with van der Waals surface area (Å²) in [7, 11) is 1.97. The highest BCUT2D eigenvalue weighted by atomic mass is 15.3. The summed E-state index contributed by atoms with van der Waals surface area (Å²) in [4.78, 5) is 4.64. The Hall–Kier alpha value is -1.68. The molecule has 1 aliphatic rings. The lowest BCUT2D eigenvalue weighted by atomic mass is 10.0. The molecular formula is C13H16N4. The van der Waals surface area contributed by atoms with Gasteiger partial charge in [0.05, 0.1) is 0 Å². The molecule has 1 aliphatic heterocycles. The van der Waals surface area contributed by atoms with Crippen molar-refractivity contribution in [2.75, 3.05) is 13.1 Å². The second-order valence-electron chi connectivity index (χ2n) is 4.64. The Morgan fingerprint density at radius 2 is 1.94 bits per heavy atom. The molecule has 0 bridgehead atoms. The zero-order chi connectivity index (χ0) is 11.8. The summed E-state index contributed by atoms with van der Waals surface area (Å²) >= 11 is 0. The van der Waals surface area contributed by atoms with Gasteiger partial charge in [-0.1, -0.05) is 29.8 Å². The highest BCUT2D eigenvalue weighted by Crippen LogP contribution is 2.21. The number of hydrogen-bond acceptors (Lipinski definition) is 3. The van der Waals surface area contributed by atoms with Gasteiger partial charge in [0.2, 0.25) is 0 Å². The molecule has 3 rings (SSSR count). The Bertz CT molecular complexity index is 523. The Labute approximate surface area is 101 Å². The quantitative estimate of drug-likeness (QED) is 0.846. The Morgan fingerprint density at radius 3 is 2.53 bits per heavy atom. The van der Waals surface area contributed by atoms with Crippen LogP contribution in [0.15, 0.2) is 24.3 Å². The maximum atomic E-state index is 4.64. The van der Waals surface area contributed by atoms with Crippen molar-refractivity contribution < 1.29 is 0 Å². The summed E-state index contributed by atoms with van der Waals surface area (Å²) in [5.74, 6) is 2.43. The van der Waals surface area contributed by atoms with Crippen molar-refractivity contribution in [3.05, 3.63) is 35.7 Å². The molecule has 0 radical (unpaired) electrons. The summed E-state index contributed by atoms with van der Waals surface area (Å²) in [6, 6.07) is 8.34. The van der Waals surface area contributed by atoms with E-state index in [-0.39, 0.29) is 0 Å². The van der Waals surface area contributed by atoms with Crippen molar-refractivity contribution in [3.8, 4) is 11.4 Å². The number of nitrogens with one attached hydrogen (secondary N) is 1. The van der Waals surface area contributed by atoms with Crippen molar-refractivity contribution >= 4 is 0 Å². The average Bonchev–Trinajstić information content (AvgIpc) is 2.60. The van der Waals surface area contributed by atoms with E-state index in [9.17, 15) is 0 Å². The number of nitrogens with zero attached hydrogens (tertiary/aromatic N) is 3. The molecule has 17 heavy (non-hydrogen) atoms. The van der Waals surface area contributed by atoms with E-state index in [0.29, 0.717) is 5.92 Å². The lowest BCUT2D eigenvalue weighted by Crippen LogP contribution is -2.41. The fourth-order valence-electron chi connectivity index (χ4n) is 2.05. The van der Waals surface area contributed by atoms with Crippen LogP contribution in [0.1, 0.15) is 17.3 Å². The molecule has 1 aromatic heterocycles. The maximum absolute atomic E-state index is 4.64. The predicted molar refractivity (Wildman–Crippen MR) is 66.8 cm³/mol. The van der Waals surface area contributed by atoms with Gasteiger partial charge >= 0.3 is 0 Å². The molecule has 1 aromatic carbocycles. The molecule has 88 valence electrons. The zero-order valence-electron chi connectivity index (χ0n) is 10.1. The second-order valence-corrected chi connectivity index (χ2v) is 4.64. The molecule has 1 saturated heterocycles. The van der Waals surface area contributed by atoms with Gasteiger partial charge in [-0.2, -0.15) is 5.10 Å². The predicted octanol–water partition coefficient (Wildman–Crippen LogP) is 1.48. The molecule has 0 amide bonds. The van der Waals surface area contributed by atoms with E-state index in [4.69, 9.17) is 0 Å². The van der Waals surface area contributed by atoms with Crippen molar-refractivity contribution in [2.24, 2.45) is 7.05 Å². The van der Waals surface area contributed by atoms with Gasteiger partial charge < -0.3 is 5.32 Å². The molecule has 0 spiro atoms. The van der Waals surface area contributed by atoms with Gasteiger partial charge in [0.1, 0.15) is 5.82 Å². The Kier molecular flexibility index (Phi) is 2.44. The molecule has 4 heteroatoms. The number of benzene rings is 1. The van der Waals surface area contributed by atoms with E-state index >= 15 is 0 Å². The zero-order valence-corrected chi connectivity index (χ0v) is 10.1. The Balaban J connectivity index is 1.95. The summed E-state index contributed by atoms with van der Waals surface area (Å²) < 4.78 is 1.90. The molecule has 2 heterocycles. The molecule has 0 unspecified atom stereocenters. The highest BCUT2D eigenvalue weighted by Gasteiger charge is 2.24. The van der Waals surface area contributed by atoms with Gasteiger partial charge in [-0.25, -0.2) is 4.98 Å². The molecule has 1 N–H and O–H groups in total. The number of aromatic nitrogens is 3. The number of rotatable bonds is 2. The van der Waals surface area contributed by atoms with Gasteiger partial charge in [0, 0.05) is 31.6 Å². The second kappa shape index (κ2) is 3.96. The van der Waals surface area contributed by atoms with Crippen LogP contribution in [0.25, 0.3) is 11.4 Å². The van der Waals surface area contributed by atoms with Crippen molar-refractivity contribution in [3.63, 3.8) is 0 Å². The smallest absolute Gasteiger partial charge is 0.181 e. The van der Waals surface area contributed by atoms with Crippen LogP contribution in [0.5, 0.6) is 0 Å².